The van der Waals surface area contributed by atoms with Crippen molar-refractivity contribution >= 4 is 11.3 Å². The molecule has 1 N–H and O–H groups in total. The van der Waals surface area contributed by atoms with Gasteiger partial charge in [0.25, 0.3) is 0 Å². The molecule has 4 heteroatoms. The number of halogens is 1. The molecule has 0 unspecified atom stereocenters. The van der Waals surface area contributed by atoms with Crippen LogP contribution in [0.5, 0.6) is 0 Å². The molecule has 1 rings (SSSR count). The molecular formula is C9H15FN2S. The Balaban J connectivity index is 2.48. The monoisotopic (exact) mass is 202 g/mol. The Morgan fingerprint density at radius 1 is 1.54 bits per heavy atom. The van der Waals surface area contributed by atoms with Crippen LogP contribution in [-0.2, 0) is 13.1 Å². The van der Waals surface area contributed by atoms with E-state index in [0.29, 0.717) is 0 Å². The molecule has 0 fully saturated rings. The van der Waals surface area contributed by atoms with Gasteiger partial charge in [-0.15, -0.1) is 11.3 Å². The Bertz CT molecular complexity index is 260. The number of thiazole rings is 1. The van der Waals surface area contributed by atoms with E-state index in [2.05, 4.69) is 10.3 Å². The SMILES string of the molecule is CNCCCc1nc(C)c(CF)s1. The Hall–Kier alpha value is -0.480. The summed E-state index contributed by atoms with van der Waals surface area (Å²) < 4.78 is 12.3. The number of hydrogen-bond donors (Lipinski definition) is 1. The van der Waals surface area contributed by atoms with Crippen LogP contribution in [0.4, 0.5) is 4.39 Å². The molecule has 1 aromatic heterocycles. The summed E-state index contributed by atoms with van der Waals surface area (Å²) in [6.07, 6.45) is 2.02. The van der Waals surface area contributed by atoms with Crippen molar-refractivity contribution in [1.29, 1.82) is 0 Å². The van der Waals surface area contributed by atoms with E-state index in [1.54, 1.807) is 0 Å². The quantitative estimate of drug-likeness (QED) is 0.739. The van der Waals surface area contributed by atoms with E-state index in [1.807, 2.05) is 14.0 Å². The molecule has 0 saturated carbocycles. The summed E-state index contributed by atoms with van der Waals surface area (Å²) in [6, 6.07) is 0. The van der Waals surface area contributed by atoms with Gasteiger partial charge in [-0.2, -0.15) is 0 Å². The Morgan fingerprint density at radius 2 is 2.31 bits per heavy atom. The summed E-state index contributed by atoms with van der Waals surface area (Å²) in [5, 5.41) is 4.13. The lowest BCUT2D eigenvalue weighted by atomic mass is 10.3. The van der Waals surface area contributed by atoms with Crippen LogP contribution < -0.4 is 5.32 Å². The Labute approximate surface area is 82.2 Å². The second-order valence-corrected chi connectivity index (χ2v) is 4.13. The molecule has 0 saturated heterocycles. The number of rotatable bonds is 5. The van der Waals surface area contributed by atoms with E-state index in [9.17, 15) is 4.39 Å². The van der Waals surface area contributed by atoms with Gasteiger partial charge in [0.05, 0.1) is 15.6 Å². The van der Waals surface area contributed by atoms with Crippen LogP contribution in [0.15, 0.2) is 0 Å². The van der Waals surface area contributed by atoms with Crippen molar-refractivity contribution in [2.24, 2.45) is 0 Å². The van der Waals surface area contributed by atoms with Gasteiger partial charge in [-0.05, 0) is 26.9 Å². The molecule has 1 heterocycles. The third kappa shape index (κ3) is 3.04. The second kappa shape index (κ2) is 5.29. The molecule has 13 heavy (non-hydrogen) atoms. The second-order valence-electron chi connectivity index (χ2n) is 2.96. The minimum atomic E-state index is -0.379. The highest BCUT2D eigenvalue weighted by molar-refractivity contribution is 7.11. The molecule has 0 aliphatic heterocycles. The normalized spacial score (nSPS) is 10.7. The molecule has 0 bridgehead atoms. The van der Waals surface area contributed by atoms with E-state index < -0.39 is 0 Å². The molecule has 0 amide bonds. The van der Waals surface area contributed by atoms with E-state index in [0.717, 1.165) is 35.0 Å². The first-order valence-electron chi connectivity index (χ1n) is 4.43. The average molecular weight is 202 g/mol. The fraction of sp³-hybridized carbons (Fsp3) is 0.667. The first-order chi connectivity index (χ1) is 6.27. The largest absolute Gasteiger partial charge is 0.320 e. The number of nitrogens with zero attached hydrogens (tertiary/aromatic N) is 1. The van der Waals surface area contributed by atoms with Crippen LogP contribution >= 0.6 is 11.3 Å². The number of nitrogens with one attached hydrogen (secondary N) is 1. The summed E-state index contributed by atoms with van der Waals surface area (Å²) in [5.74, 6) is 0. The van der Waals surface area contributed by atoms with Gasteiger partial charge in [-0.1, -0.05) is 0 Å². The highest BCUT2D eigenvalue weighted by Crippen LogP contribution is 2.19. The number of aryl methyl sites for hydroxylation is 2. The molecule has 74 valence electrons. The highest BCUT2D eigenvalue weighted by Gasteiger charge is 2.06. The Kier molecular flexibility index (Phi) is 4.32. The molecular weight excluding hydrogens is 187 g/mol. The van der Waals surface area contributed by atoms with E-state index in [4.69, 9.17) is 0 Å². The molecule has 1 aromatic rings. The lowest BCUT2D eigenvalue weighted by Crippen LogP contribution is -2.08. The summed E-state index contributed by atoms with van der Waals surface area (Å²) in [5.41, 5.74) is 0.854. The standard InChI is InChI=1S/C9H15FN2S/c1-7-8(6-10)13-9(12-7)4-3-5-11-2/h11H,3-6H2,1-2H3. The molecule has 0 aliphatic rings. The van der Waals surface area contributed by atoms with Crippen LogP contribution in [0.2, 0.25) is 0 Å². The van der Waals surface area contributed by atoms with Gasteiger partial charge < -0.3 is 5.32 Å². The van der Waals surface area contributed by atoms with Crippen LogP contribution in [0, 0.1) is 6.92 Å². The maximum absolute atomic E-state index is 12.3. The highest BCUT2D eigenvalue weighted by atomic mass is 32.1. The van der Waals surface area contributed by atoms with Crippen molar-refractivity contribution in [3.05, 3.63) is 15.6 Å². The number of hydrogen-bond acceptors (Lipinski definition) is 3. The minimum Gasteiger partial charge on any atom is -0.320 e. The fourth-order valence-corrected chi connectivity index (χ4v) is 2.10. The summed E-state index contributed by atoms with van der Waals surface area (Å²) in [7, 11) is 1.93. The fourth-order valence-electron chi connectivity index (χ4n) is 1.14. The first-order valence-corrected chi connectivity index (χ1v) is 5.25. The molecule has 2 nitrogen and oxygen atoms in total. The zero-order valence-electron chi connectivity index (χ0n) is 8.06. The Morgan fingerprint density at radius 3 is 2.85 bits per heavy atom. The van der Waals surface area contributed by atoms with Crippen LogP contribution in [0.1, 0.15) is 22.0 Å². The van der Waals surface area contributed by atoms with Crippen molar-refractivity contribution in [1.82, 2.24) is 10.3 Å². The molecule has 0 atom stereocenters. The lowest BCUT2D eigenvalue weighted by Gasteiger charge is -1.94. The van der Waals surface area contributed by atoms with Crippen molar-refractivity contribution in [3.63, 3.8) is 0 Å². The van der Waals surface area contributed by atoms with Gasteiger partial charge in [-0.3, -0.25) is 0 Å². The predicted octanol–water partition coefficient (Wildman–Crippen LogP) is 2.07. The average Bonchev–Trinajstić information content (AvgIpc) is 2.47. The zero-order chi connectivity index (χ0) is 9.68. The van der Waals surface area contributed by atoms with E-state index >= 15 is 0 Å². The number of aromatic nitrogens is 1. The van der Waals surface area contributed by atoms with Crippen LogP contribution in [0.3, 0.4) is 0 Å². The predicted molar refractivity (Wildman–Crippen MR) is 53.9 cm³/mol. The molecule has 0 spiro atoms. The van der Waals surface area contributed by atoms with Crippen molar-refractivity contribution in [3.8, 4) is 0 Å². The zero-order valence-corrected chi connectivity index (χ0v) is 8.88. The maximum atomic E-state index is 12.3. The molecule has 0 aliphatic carbocycles. The van der Waals surface area contributed by atoms with Gasteiger partial charge in [0.15, 0.2) is 0 Å². The van der Waals surface area contributed by atoms with Gasteiger partial charge in [0, 0.05) is 6.42 Å². The van der Waals surface area contributed by atoms with E-state index in [-0.39, 0.29) is 6.67 Å². The van der Waals surface area contributed by atoms with Crippen LogP contribution in [0.25, 0.3) is 0 Å². The van der Waals surface area contributed by atoms with Crippen molar-refractivity contribution < 1.29 is 4.39 Å². The van der Waals surface area contributed by atoms with E-state index in [1.165, 1.54) is 11.3 Å². The third-order valence-electron chi connectivity index (χ3n) is 1.88. The summed E-state index contributed by atoms with van der Waals surface area (Å²) in [4.78, 5) is 5.08. The first kappa shape index (κ1) is 10.6. The molecule has 0 aromatic carbocycles. The number of alkyl halides is 1. The van der Waals surface area contributed by atoms with Crippen molar-refractivity contribution in [2.75, 3.05) is 13.6 Å². The van der Waals surface area contributed by atoms with Gasteiger partial charge in [-0.25, -0.2) is 9.37 Å². The van der Waals surface area contributed by atoms with Crippen molar-refractivity contribution in [2.45, 2.75) is 26.4 Å². The van der Waals surface area contributed by atoms with Gasteiger partial charge in [0.1, 0.15) is 6.67 Å². The van der Waals surface area contributed by atoms with Gasteiger partial charge >= 0.3 is 0 Å². The third-order valence-corrected chi connectivity index (χ3v) is 3.06. The topological polar surface area (TPSA) is 24.9 Å². The lowest BCUT2D eigenvalue weighted by molar-refractivity contribution is 0.489. The minimum absolute atomic E-state index is 0.379. The summed E-state index contributed by atoms with van der Waals surface area (Å²) in [6.45, 7) is 2.48. The van der Waals surface area contributed by atoms with Gasteiger partial charge in [0.2, 0.25) is 0 Å². The molecule has 0 radical (unpaired) electrons. The maximum Gasteiger partial charge on any atom is 0.126 e. The smallest absolute Gasteiger partial charge is 0.126 e. The summed E-state index contributed by atoms with van der Waals surface area (Å²) >= 11 is 1.50. The van der Waals surface area contributed by atoms with Crippen LogP contribution in [-0.4, -0.2) is 18.6 Å².